The van der Waals surface area contributed by atoms with Gasteiger partial charge in [0.1, 0.15) is 0 Å². The molecule has 0 heterocycles. The molecule has 0 aromatic rings. The minimum absolute atomic E-state index is 0.00411. The molecule has 2 N–H and O–H groups in total. The molecule has 0 fully saturated rings. The molecule has 0 amide bonds. The van der Waals surface area contributed by atoms with E-state index in [1.807, 2.05) is 6.92 Å². The third-order valence-electron chi connectivity index (χ3n) is 2.54. The van der Waals surface area contributed by atoms with Gasteiger partial charge in [0, 0.05) is 5.92 Å². The summed E-state index contributed by atoms with van der Waals surface area (Å²) < 4.78 is 0. The summed E-state index contributed by atoms with van der Waals surface area (Å²) in [5.41, 5.74) is 0. The normalized spacial score (nSPS) is 14.1. The van der Waals surface area contributed by atoms with Gasteiger partial charge >= 0.3 is 0 Å². The molecule has 0 aromatic heterocycles. The molecule has 3 nitrogen and oxygen atoms in total. The second-order valence-corrected chi connectivity index (χ2v) is 3.56. The summed E-state index contributed by atoms with van der Waals surface area (Å²) in [5.74, 6) is -0.00411. The molecule has 13 heavy (non-hydrogen) atoms. The molecule has 80 valence electrons. The monoisotopic (exact) mass is 189 g/mol. The highest BCUT2D eigenvalue weighted by Gasteiger charge is 2.10. The van der Waals surface area contributed by atoms with E-state index in [4.69, 9.17) is 10.2 Å². The van der Waals surface area contributed by atoms with E-state index in [9.17, 15) is 0 Å². The van der Waals surface area contributed by atoms with E-state index in [0.29, 0.717) is 0 Å². The van der Waals surface area contributed by atoms with Crippen LogP contribution >= 0.6 is 0 Å². The van der Waals surface area contributed by atoms with Crippen LogP contribution in [-0.4, -0.2) is 41.0 Å². The zero-order valence-corrected chi connectivity index (χ0v) is 9.03. The lowest BCUT2D eigenvalue weighted by atomic mass is 10.1. The van der Waals surface area contributed by atoms with E-state index in [1.54, 1.807) is 0 Å². The highest BCUT2D eigenvalue weighted by molar-refractivity contribution is 4.58. The average molecular weight is 189 g/mol. The molecular weight excluding hydrogens is 166 g/mol. The Morgan fingerprint density at radius 2 is 1.69 bits per heavy atom. The van der Waals surface area contributed by atoms with Gasteiger partial charge in [-0.2, -0.15) is 0 Å². The SMILES string of the molecule is CCN(CC)CCCC(C)C(O)O. The lowest BCUT2D eigenvalue weighted by molar-refractivity contribution is -0.0810. The van der Waals surface area contributed by atoms with E-state index in [2.05, 4.69) is 18.7 Å². The Morgan fingerprint density at radius 1 is 1.15 bits per heavy atom. The Kier molecular flexibility index (Phi) is 7.23. The second kappa shape index (κ2) is 7.30. The number of nitrogens with zero attached hydrogens (tertiary/aromatic N) is 1. The summed E-state index contributed by atoms with van der Waals surface area (Å²) in [6, 6.07) is 0. The lowest BCUT2D eigenvalue weighted by Gasteiger charge is -2.19. The average Bonchev–Trinajstić information content (AvgIpc) is 2.12. The summed E-state index contributed by atoms with van der Waals surface area (Å²) in [4.78, 5) is 2.34. The molecule has 0 aromatic carbocycles. The topological polar surface area (TPSA) is 43.7 Å². The largest absolute Gasteiger partial charge is 0.368 e. The van der Waals surface area contributed by atoms with Crippen molar-refractivity contribution in [2.24, 2.45) is 5.92 Å². The number of hydrogen-bond acceptors (Lipinski definition) is 3. The molecular formula is C10H23NO2. The van der Waals surface area contributed by atoms with Crippen molar-refractivity contribution in [3.63, 3.8) is 0 Å². The van der Waals surface area contributed by atoms with Gasteiger partial charge in [-0.3, -0.25) is 0 Å². The standard InChI is InChI=1S/C10H23NO2/c1-4-11(5-2)8-6-7-9(3)10(12)13/h9-10,12-13H,4-8H2,1-3H3. The predicted octanol–water partition coefficient (Wildman–Crippen LogP) is 1.06. The second-order valence-electron chi connectivity index (χ2n) is 3.56. The fourth-order valence-corrected chi connectivity index (χ4v) is 1.33. The van der Waals surface area contributed by atoms with Crippen molar-refractivity contribution in [3.05, 3.63) is 0 Å². The van der Waals surface area contributed by atoms with Gasteiger partial charge in [0.25, 0.3) is 0 Å². The third-order valence-corrected chi connectivity index (χ3v) is 2.54. The van der Waals surface area contributed by atoms with E-state index in [1.165, 1.54) is 0 Å². The Morgan fingerprint density at radius 3 is 2.08 bits per heavy atom. The van der Waals surface area contributed by atoms with Crippen LogP contribution in [-0.2, 0) is 0 Å². The molecule has 0 radical (unpaired) electrons. The zero-order chi connectivity index (χ0) is 10.3. The Labute approximate surface area is 81.4 Å². The summed E-state index contributed by atoms with van der Waals surface area (Å²) in [5, 5.41) is 17.7. The number of rotatable bonds is 7. The van der Waals surface area contributed by atoms with Crippen LogP contribution in [0.25, 0.3) is 0 Å². The van der Waals surface area contributed by atoms with Crippen LogP contribution < -0.4 is 0 Å². The molecule has 0 aliphatic carbocycles. The summed E-state index contributed by atoms with van der Waals surface area (Å²) in [7, 11) is 0. The number of hydrogen-bond donors (Lipinski definition) is 2. The predicted molar refractivity (Wildman–Crippen MR) is 54.4 cm³/mol. The first kappa shape index (κ1) is 12.9. The van der Waals surface area contributed by atoms with Crippen molar-refractivity contribution in [2.75, 3.05) is 19.6 Å². The quantitative estimate of drug-likeness (QED) is 0.588. The maximum atomic E-state index is 8.84. The number of aliphatic hydroxyl groups is 2. The minimum Gasteiger partial charge on any atom is -0.368 e. The van der Waals surface area contributed by atoms with Crippen LogP contribution in [0.5, 0.6) is 0 Å². The molecule has 0 aliphatic heterocycles. The molecule has 0 saturated carbocycles. The maximum absolute atomic E-state index is 8.84. The van der Waals surface area contributed by atoms with Crippen molar-refractivity contribution < 1.29 is 10.2 Å². The van der Waals surface area contributed by atoms with E-state index >= 15 is 0 Å². The molecule has 1 unspecified atom stereocenters. The van der Waals surface area contributed by atoms with Crippen LogP contribution in [0, 0.1) is 5.92 Å². The van der Waals surface area contributed by atoms with Crippen LogP contribution in [0.1, 0.15) is 33.6 Å². The molecule has 3 heteroatoms. The van der Waals surface area contributed by atoms with E-state index in [0.717, 1.165) is 32.5 Å². The molecule has 0 bridgehead atoms. The van der Waals surface area contributed by atoms with Gasteiger partial charge in [-0.1, -0.05) is 20.8 Å². The van der Waals surface area contributed by atoms with Gasteiger partial charge in [0.05, 0.1) is 0 Å². The first-order valence-corrected chi connectivity index (χ1v) is 5.20. The van der Waals surface area contributed by atoms with E-state index < -0.39 is 6.29 Å². The van der Waals surface area contributed by atoms with Gasteiger partial charge < -0.3 is 15.1 Å². The Balaban J connectivity index is 3.43. The van der Waals surface area contributed by atoms with Gasteiger partial charge in [-0.05, 0) is 32.5 Å². The third kappa shape index (κ3) is 6.02. The Bertz CT molecular complexity index is 111. The number of aliphatic hydroxyl groups excluding tert-OH is 1. The highest BCUT2D eigenvalue weighted by Crippen LogP contribution is 2.09. The van der Waals surface area contributed by atoms with Crippen LogP contribution in [0.15, 0.2) is 0 Å². The fraction of sp³-hybridized carbons (Fsp3) is 1.00. The molecule has 0 saturated heterocycles. The molecule has 0 aliphatic rings. The van der Waals surface area contributed by atoms with Crippen molar-refractivity contribution >= 4 is 0 Å². The van der Waals surface area contributed by atoms with Crippen LogP contribution in [0.4, 0.5) is 0 Å². The van der Waals surface area contributed by atoms with Crippen molar-refractivity contribution in [3.8, 4) is 0 Å². The van der Waals surface area contributed by atoms with Gasteiger partial charge in [0.15, 0.2) is 6.29 Å². The first-order chi connectivity index (χ1) is 6.11. The minimum atomic E-state index is -1.16. The van der Waals surface area contributed by atoms with Gasteiger partial charge in [-0.15, -0.1) is 0 Å². The summed E-state index contributed by atoms with van der Waals surface area (Å²) >= 11 is 0. The van der Waals surface area contributed by atoms with Crippen molar-refractivity contribution in [1.82, 2.24) is 4.90 Å². The van der Waals surface area contributed by atoms with Crippen LogP contribution in [0.2, 0.25) is 0 Å². The van der Waals surface area contributed by atoms with Gasteiger partial charge in [-0.25, -0.2) is 0 Å². The molecule has 1 atom stereocenters. The Hall–Kier alpha value is -0.120. The maximum Gasteiger partial charge on any atom is 0.154 e. The van der Waals surface area contributed by atoms with Gasteiger partial charge in [0.2, 0.25) is 0 Å². The molecule has 0 rings (SSSR count). The fourth-order valence-electron chi connectivity index (χ4n) is 1.33. The lowest BCUT2D eigenvalue weighted by Crippen LogP contribution is -2.25. The summed E-state index contributed by atoms with van der Waals surface area (Å²) in [6.07, 6.45) is 0.769. The molecule has 0 spiro atoms. The van der Waals surface area contributed by atoms with Crippen molar-refractivity contribution in [1.29, 1.82) is 0 Å². The smallest absolute Gasteiger partial charge is 0.154 e. The van der Waals surface area contributed by atoms with E-state index in [-0.39, 0.29) is 5.92 Å². The zero-order valence-electron chi connectivity index (χ0n) is 9.03. The van der Waals surface area contributed by atoms with Crippen molar-refractivity contribution in [2.45, 2.75) is 39.9 Å². The highest BCUT2D eigenvalue weighted by atomic mass is 16.5. The summed E-state index contributed by atoms with van der Waals surface area (Å²) in [6.45, 7) is 9.37. The first-order valence-electron chi connectivity index (χ1n) is 5.20. The van der Waals surface area contributed by atoms with Crippen LogP contribution in [0.3, 0.4) is 0 Å².